The van der Waals surface area contributed by atoms with Crippen molar-refractivity contribution in [2.75, 3.05) is 19.1 Å². The Labute approximate surface area is 92.7 Å². The molecule has 0 rings (SSSR count). The van der Waals surface area contributed by atoms with Crippen molar-refractivity contribution >= 4 is 11.8 Å². The average molecular weight is 214 g/mol. The number of hydrogen-bond donors (Lipinski definition) is 0. The lowest BCUT2D eigenvalue weighted by Gasteiger charge is -2.31. The summed E-state index contributed by atoms with van der Waals surface area (Å²) in [6.07, 6.45) is 5.06. The van der Waals surface area contributed by atoms with Gasteiger partial charge >= 0.3 is 0 Å². The molecule has 0 aromatic carbocycles. The van der Waals surface area contributed by atoms with E-state index in [1.807, 2.05) is 11.8 Å². The fourth-order valence-electron chi connectivity index (χ4n) is 1.53. The Hall–Kier alpha value is -0.200. The Morgan fingerprint density at radius 2 is 2.14 bits per heavy atom. The first kappa shape index (κ1) is 13.8. The summed E-state index contributed by atoms with van der Waals surface area (Å²) < 4.78 is 0. The standard InChI is InChI=1S/C11H22N2S/c1-5-11(6-8-12)13(3)10(2)7-9-14-4/h10-11H,5-7,9H2,1-4H3. The van der Waals surface area contributed by atoms with Gasteiger partial charge in [0.25, 0.3) is 0 Å². The topological polar surface area (TPSA) is 27.0 Å². The van der Waals surface area contributed by atoms with Gasteiger partial charge in [-0.3, -0.25) is 4.90 Å². The molecule has 0 spiro atoms. The molecule has 0 aliphatic rings. The molecule has 0 aromatic rings. The van der Waals surface area contributed by atoms with Gasteiger partial charge in [0.15, 0.2) is 0 Å². The van der Waals surface area contributed by atoms with E-state index < -0.39 is 0 Å². The first-order valence-corrected chi connectivity index (χ1v) is 6.64. The summed E-state index contributed by atoms with van der Waals surface area (Å²) in [6, 6.07) is 3.28. The summed E-state index contributed by atoms with van der Waals surface area (Å²) >= 11 is 1.89. The van der Waals surface area contributed by atoms with Crippen LogP contribution in [0.15, 0.2) is 0 Å². The van der Waals surface area contributed by atoms with E-state index in [2.05, 4.69) is 38.1 Å². The van der Waals surface area contributed by atoms with E-state index in [1.165, 1.54) is 12.2 Å². The van der Waals surface area contributed by atoms with Crippen LogP contribution in [-0.2, 0) is 0 Å². The molecular formula is C11H22N2S. The van der Waals surface area contributed by atoms with Crippen molar-refractivity contribution in [3.8, 4) is 6.07 Å². The molecular weight excluding hydrogens is 192 g/mol. The van der Waals surface area contributed by atoms with Gasteiger partial charge in [-0.25, -0.2) is 0 Å². The zero-order chi connectivity index (χ0) is 11.0. The second-order valence-electron chi connectivity index (χ2n) is 3.72. The third-order valence-corrected chi connectivity index (χ3v) is 3.45. The molecule has 0 heterocycles. The monoisotopic (exact) mass is 214 g/mol. The molecule has 0 fully saturated rings. The molecule has 0 saturated carbocycles. The first-order valence-electron chi connectivity index (χ1n) is 5.25. The minimum Gasteiger partial charge on any atom is -0.300 e. The van der Waals surface area contributed by atoms with Gasteiger partial charge in [0, 0.05) is 12.1 Å². The fraction of sp³-hybridized carbons (Fsp3) is 0.909. The predicted octanol–water partition coefficient (Wildman–Crippen LogP) is 2.75. The second kappa shape index (κ2) is 8.14. The minimum atomic E-state index is 0.428. The van der Waals surface area contributed by atoms with E-state index in [0.717, 1.165) is 6.42 Å². The highest BCUT2D eigenvalue weighted by Crippen LogP contribution is 2.13. The van der Waals surface area contributed by atoms with Crippen LogP contribution < -0.4 is 0 Å². The molecule has 0 amide bonds. The Balaban J connectivity index is 3.99. The van der Waals surface area contributed by atoms with Crippen molar-refractivity contribution < 1.29 is 0 Å². The van der Waals surface area contributed by atoms with Crippen LogP contribution in [0.5, 0.6) is 0 Å². The number of thioether (sulfide) groups is 1. The molecule has 2 atom stereocenters. The van der Waals surface area contributed by atoms with Gasteiger partial charge in [-0.05, 0) is 38.8 Å². The molecule has 2 unspecified atom stereocenters. The highest BCUT2D eigenvalue weighted by Gasteiger charge is 2.17. The van der Waals surface area contributed by atoms with E-state index in [-0.39, 0.29) is 0 Å². The molecule has 0 N–H and O–H groups in total. The van der Waals surface area contributed by atoms with Crippen LogP contribution in [0.4, 0.5) is 0 Å². The molecule has 0 bridgehead atoms. The van der Waals surface area contributed by atoms with Gasteiger partial charge in [0.2, 0.25) is 0 Å². The van der Waals surface area contributed by atoms with Crippen LogP contribution in [0, 0.1) is 11.3 Å². The van der Waals surface area contributed by atoms with E-state index in [0.29, 0.717) is 18.5 Å². The summed E-state index contributed by atoms with van der Waals surface area (Å²) in [5.74, 6) is 1.20. The number of hydrogen-bond acceptors (Lipinski definition) is 3. The quantitative estimate of drug-likeness (QED) is 0.652. The van der Waals surface area contributed by atoms with Crippen molar-refractivity contribution in [3.05, 3.63) is 0 Å². The van der Waals surface area contributed by atoms with Crippen LogP contribution in [-0.4, -0.2) is 36.0 Å². The molecule has 3 heteroatoms. The van der Waals surface area contributed by atoms with E-state index in [4.69, 9.17) is 5.26 Å². The minimum absolute atomic E-state index is 0.428. The van der Waals surface area contributed by atoms with E-state index in [1.54, 1.807) is 0 Å². The highest BCUT2D eigenvalue weighted by molar-refractivity contribution is 7.98. The molecule has 82 valence electrons. The Bertz CT molecular complexity index is 177. The lowest BCUT2D eigenvalue weighted by molar-refractivity contribution is 0.178. The Morgan fingerprint density at radius 3 is 2.57 bits per heavy atom. The first-order chi connectivity index (χ1) is 6.67. The third-order valence-electron chi connectivity index (χ3n) is 2.81. The zero-order valence-electron chi connectivity index (χ0n) is 9.79. The lowest BCUT2D eigenvalue weighted by Crippen LogP contribution is -2.38. The summed E-state index contributed by atoms with van der Waals surface area (Å²) in [5.41, 5.74) is 0. The van der Waals surface area contributed by atoms with Gasteiger partial charge in [0.05, 0.1) is 12.5 Å². The Morgan fingerprint density at radius 1 is 1.50 bits per heavy atom. The maximum atomic E-state index is 8.69. The highest BCUT2D eigenvalue weighted by atomic mass is 32.2. The van der Waals surface area contributed by atoms with Gasteiger partial charge in [0.1, 0.15) is 0 Å². The van der Waals surface area contributed by atoms with Gasteiger partial charge < -0.3 is 0 Å². The number of rotatable bonds is 7. The SMILES string of the molecule is CCC(CC#N)N(C)C(C)CCSC. The van der Waals surface area contributed by atoms with Gasteiger partial charge in [-0.1, -0.05) is 6.92 Å². The summed E-state index contributed by atoms with van der Waals surface area (Å²) in [4.78, 5) is 2.35. The molecule has 0 aromatic heterocycles. The number of nitriles is 1. The number of nitrogens with zero attached hydrogens (tertiary/aromatic N) is 2. The maximum absolute atomic E-state index is 8.69. The van der Waals surface area contributed by atoms with E-state index >= 15 is 0 Å². The van der Waals surface area contributed by atoms with Crippen molar-refractivity contribution in [2.24, 2.45) is 0 Å². The van der Waals surface area contributed by atoms with Crippen LogP contribution in [0.25, 0.3) is 0 Å². The fourth-order valence-corrected chi connectivity index (χ4v) is 2.11. The van der Waals surface area contributed by atoms with Gasteiger partial charge in [-0.2, -0.15) is 17.0 Å². The van der Waals surface area contributed by atoms with Crippen LogP contribution in [0.1, 0.15) is 33.1 Å². The van der Waals surface area contributed by atoms with E-state index in [9.17, 15) is 0 Å². The molecule has 14 heavy (non-hydrogen) atoms. The zero-order valence-corrected chi connectivity index (χ0v) is 10.6. The summed E-state index contributed by atoms with van der Waals surface area (Å²) in [5, 5.41) is 8.69. The second-order valence-corrected chi connectivity index (χ2v) is 4.71. The Kier molecular flexibility index (Phi) is 8.02. The van der Waals surface area contributed by atoms with Gasteiger partial charge in [-0.15, -0.1) is 0 Å². The maximum Gasteiger partial charge on any atom is 0.0638 e. The predicted molar refractivity (Wildman–Crippen MR) is 64.5 cm³/mol. The summed E-state index contributed by atoms with van der Waals surface area (Å²) in [6.45, 7) is 4.40. The molecule has 0 saturated heterocycles. The lowest BCUT2D eigenvalue weighted by atomic mass is 10.1. The van der Waals surface area contributed by atoms with Crippen LogP contribution in [0.3, 0.4) is 0 Å². The third kappa shape index (κ3) is 4.88. The van der Waals surface area contributed by atoms with Crippen molar-refractivity contribution in [3.63, 3.8) is 0 Å². The van der Waals surface area contributed by atoms with Crippen molar-refractivity contribution in [1.82, 2.24) is 4.90 Å². The largest absolute Gasteiger partial charge is 0.300 e. The van der Waals surface area contributed by atoms with Crippen LogP contribution in [0.2, 0.25) is 0 Å². The average Bonchev–Trinajstić information content (AvgIpc) is 2.21. The molecule has 0 radical (unpaired) electrons. The summed E-state index contributed by atoms with van der Waals surface area (Å²) in [7, 11) is 2.14. The van der Waals surface area contributed by atoms with Crippen molar-refractivity contribution in [2.45, 2.75) is 45.2 Å². The molecule has 0 aliphatic carbocycles. The molecule has 0 aliphatic heterocycles. The normalized spacial score (nSPS) is 15.1. The smallest absolute Gasteiger partial charge is 0.0638 e. The van der Waals surface area contributed by atoms with Crippen LogP contribution >= 0.6 is 11.8 Å². The van der Waals surface area contributed by atoms with Crippen molar-refractivity contribution in [1.29, 1.82) is 5.26 Å². The molecule has 2 nitrogen and oxygen atoms in total.